The van der Waals surface area contributed by atoms with Crippen molar-refractivity contribution in [2.24, 2.45) is 0 Å². The zero-order valence-electron chi connectivity index (χ0n) is 10.8. The average Bonchev–Trinajstić information content (AvgIpc) is 2.47. The Labute approximate surface area is 112 Å². The van der Waals surface area contributed by atoms with Crippen LogP contribution in [0.5, 0.6) is 5.75 Å². The van der Waals surface area contributed by atoms with E-state index in [0.29, 0.717) is 11.4 Å². The fraction of sp³-hybridized carbons (Fsp3) is 0.0588. The van der Waals surface area contributed by atoms with Crippen molar-refractivity contribution in [1.82, 2.24) is 0 Å². The molecule has 2 heteroatoms. The normalized spacial score (nSPS) is 10.6. The summed E-state index contributed by atoms with van der Waals surface area (Å²) in [4.78, 5) is 0. The third-order valence-corrected chi connectivity index (χ3v) is 3.37. The van der Waals surface area contributed by atoms with Crippen LogP contribution < -0.4 is 10.5 Å². The number of fused-ring (bicyclic) bond motifs is 1. The van der Waals surface area contributed by atoms with Crippen LogP contribution in [0.2, 0.25) is 0 Å². The standard InChI is InChI=1S/C17H15NO/c1-19-16-11-5-10-15(17(16)18)14-9-4-7-12-6-2-3-8-13(12)14/h2-11H,18H2,1H3. The Hall–Kier alpha value is -2.48. The summed E-state index contributed by atoms with van der Waals surface area (Å²) in [5.41, 5.74) is 9.02. The van der Waals surface area contributed by atoms with Crippen molar-refractivity contribution >= 4 is 16.5 Å². The molecule has 2 nitrogen and oxygen atoms in total. The highest BCUT2D eigenvalue weighted by molar-refractivity contribution is 5.99. The third-order valence-electron chi connectivity index (χ3n) is 3.37. The zero-order valence-corrected chi connectivity index (χ0v) is 10.8. The van der Waals surface area contributed by atoms with Gasteiger partial charge in [-0.2, -0.15) is 0 Å². The average molecular weight is 249 g/mol. The van der Waals surface area contributed by atoms with Crippen molar-refractivity contribution in [2.45, 2.75) is 0 Å². The molecule has 3 aromatic carbocycles. The van der Waals surface area contributed by atoms with E-state index in [-0.39, 0.29) is 0 Å². The number of hydrogen-bond donors (Lipinski definition) is 1. The Morgan fingerprint density at radius 2 is 1.47 bits per heavy atom. The van der Waals surface area contributed by atoms with Crippen LogP contribution in [0.25, 0.3) is 21.9 Å². The smallest absolute Gasteiger partial charge is 0.142 e. The van der Waals surface area contributed by atoms with Gasteiger partial charge in [-0.05, 0) is 22.4 Å². The lowest BCUT2D eigenvalue weighted by Crippen LogP contribution is -1.95. The van der Waals surface area contributed by atoms with Crippen LogP contribution in [0, 0.1) is 0 Å². The summed E-state index contributed by atoms with van der Waals surface area (Å²) in [6.45, 7) is 0. The molecule has 19 heavy (non-hydrogen) atoms. The molecule has 0 spiro atoms. The van der Waals surface area contributed by atoms with Gasteiger partial charge in [0, 0.05) is 5.56 Å². The lowest BCUT2D eigenvalue weighted by Gasteiger charge is -2.12. The molecule has 0 bridgehead atoms. The topological polar surface area (TPSA) is 35.2 Å². The summed E-state index contributed by atoms with van der Waals surface area (Å²) in [5.74, 6) is 0.713. The molecule has 0 aromatic heterocycles. The van der Waals surface area contributed by atoms with Gasteiger partial charge in [0.25, 0.3) is 0 Å². The first-order valence-electron chi connectivity index (χ1n) is 6.22. The molecule has 0 fully saturated rings. The Morgan fingerprint density at radius 1 is 0.789 bits per heavy atom. The van der Waals surface area contributed by atoms with Gasteiger partial charge in [-0.3, -0.25) is 0 Å². The van der Waals surface area contributed by atoms with E-state index in [2.05, 4.69) is 30.3 Å². The van der Waals surface area contributed by atoms with E-state index >= 15 is 0 Å². The summed E-state index contributed by atoms with van der Waals surface area (Å²) in [7, 11) is 1.64. The van der Waals surface area contributed by atoms with E-state index in [4.69, 9.17) is 10.5 Å². The highest BCUT2D eigenvalue weighted by Gasteiger charge is 2.09. The van der Waals surface area contributed by atoms with Gasteiger partial charge < -0.3 is 10.5 Å². The predicted octanol–water partition coefficient (Wildman–Crippen LogP) is 4.10. The van der Waals surface area contributed by atoms with Crippen LogP contribution in [-0.4, -0.2) is 7.11 Å². The molecule has 94 valence electrons. The molecule has 0 amide bonds. The second-order valence-corrected chi connectivity index (χ2v) is 4.45. The summed E-state index contributed by atoms with van der Waals surface area (Å²) in [5, 5.41) is 2.41. The maximum absolute atomic E-state index is 6.19. The number of anilines is 1. The molecule has 2 N–H and O–H groups in total. The second kappa shape index (κ2) is 4.65. The quantitative estimate of drug-likeness (QED) is 0.694. The van der Waals surface area contributed by atoms with Crippen molar-refractivity contribution in [3.8, 4) is 16.9 Å². The number of methoxy groups -OCH3 is 1. The Morgan fingerprint density at radius 3 is 2.32 bits per heavy atom. The third kappa shape index (κ3) is 1.91. The summed E-state index contributed by atoms with van der Waals surface area (Å²) in [6.07, 6.45) is 0. The van der Waals surface area contributed by atoms with Crippen molar-refractivity contribution in [2.75, 3.05) is 12.8 Å². The Kier molecular flexibility index (Phi) is 2.84. The highest BCUT2D eigenvalue weighted by atomic mass is 16.5. The maximum Gasteiger partial charge on any atom is 0.142 e. The molecule has 0 unspecified atom stereocenters. The van der Waals surface area contributed by atoms with Gasteiger partial charge in [-0.25, -0.2) is 0 Å². The first kappa shape index (κ1) is 11.6. The van der Waals surface area contributed by atoms with Crippen molar-refractivity contribution < 1.29 is 4.74 Å². The molecule has 3 rings (SSSR count). The minimum Gasteiger partial charge on any atom is -0.495 e. The van der Waals surface area contributed by atoms with Gasteiger partial charge >= 0.3 is 0 Å². The molecule has 0 aliphatic rings. The van der Waals surface area contributed by atoms with Gasteiger partial charge in [-0.15, -0.1) is 0 Å². The van der Waals surface area contributed by atoms with E-state index in [0.717, 1.165) is 11.1 Å². The minimum atomic E-state index is 0.682. The molecule has 0 aliphatic heterocycles. The van der Waals surface area contributed by atoms with Crippen LogP contribution in [0.1, 0.15) is 0 Å². The SMILES string of the molecule is COc1cccc(-c2cccc3ccccc23)c1N. The maximum atomic E-state index is 6.19. The summed E-state index contributed by atoms with van der Waals surface area (Å²) in [6, 6.07) is 20.4. The number of nitrogen functional groups attached to an aromatic ring is 1. The number of nitrogens with two attached hydrogens (primary N) is 1. The Bertz CT molecular complexity index is 729. The number of benzene rings is 3. The first-order chi connectivity index (χ1) is 9.31. The van der Waals surface area contributed by atoms with E-state index in [1.54, 1.807) is 7.11 Å². The number of para-hydroxylation sites is 1. The summed E-state index contributed by atoms with van der Waals surface area (Å²) < 4.78 is 5.29. The molecule has 0 heterocycles. The fourth-order valence-corrected chi connectivity index (χ4v) is 2.42. The lowest BCUT2D eigenvalue weighted by molar-refractivity contribution is 0.417. The lowest BCUT2D eigenvalue weighted by atomic mass is 9.97. The summed E-state index contributed by atoms with van der Waals surface area (Å²) >= 11 is 0. The fourth-order valence-electron chi connectivity index (χ4n) is 2.42. The first-order valence-corrected chi connectivity index (χ1v) is 6.22. The zero-order chi connectivity index (χ0) is 13.2. The number of hydrogen-bond acceptors (Lipinski definition) is 2. The molecule has 0 saturated carbocycles. The van der Waals surface area contributed by atoms with Gasteiger partial charge in [0.15, 0.2) is 0 Å². The van der Waals surface area contributed by atoms with E-state index in [1.165, 1.54) is 10.8 Å². The van der Waals surface area contributed by atoms with Crippen LogP contribution >= 0.6 is 0 Å². The molecular formula is C17H15NO. The van der Waals surface area contributed by atoms with Gasteiger partial charge in [-0.1, -0.05) is 54.6 Å². The molecule has 3 aromatic rings. The van der Waals surface area contributed by atoms with E-state index < -0.39 is 0 Å². The Balaban J connectivity index is 2.31. The monoisotopic (exact) mass is 249 g/mol. The van der Waals surface area contributed by atoms with Gasteiger partial charge in [0.1, 0.15) is 5.75 Å². The van der Waals surface area contributed by atoms with Crippen LogP contribution in [0.4, 0.5) is 5.69 Å². The largest absolute Gasteiger partial charge is 0.495 e. The van der Waals surface area contributed by atoms with E-state index in [1.807, 2.05) is 30.3 Å². The van der Waals surface area contributed by atoms with Crippen molar-refractivity contribution in [3.05, 3.63) is 60.7 Å². The van der Waals surface area contributed by atoms with Crippen molar-refractivity contribution in [3.63, 3.8) is 0 Å². The highest BCUT2D eigenvalue weighted by Crippen LogP contribution is 2.36. The van der Waals surface area contributed by atoms with Gasteiger partial charge in [0.05, 0.1) is 12.8 Å². The molecule has 0 radical (unpaired) electrons. The van der Waals surface area contributed by atoms with E-state index in [9.17, 15) is 0 Å². The molecule has 0 saturated heterocycles. The predicted molar refractivity (Wildman–Crippen MR) is 80.3 cm³/mol. The van der Waals surface area contributed by atoms with Crippen LogP contribution in [0.15, 0.2) is 60.7 Å². The molecular weight excluding hydrogens is 234 g/mol. The van der Waals surface area contributed by atoms with Crippen LogP contribution in [-0.2, 0) is 0 Å². The molecule has 0 aliphatic carbocycles. The van der Waals surface area contributed by atoms with Crippen LogP contribution in [0.3, 0.4) is 0 Å². The second-order valence-electron chi connectivity index (χ2n) is 4.45. The van der Waals surface area contributed by atoms with Crippen molar-refractivity contribution in [1.29, 1.82) is 0 Å². The molecule has 0 atom stereocenters. The number of ether oxygens (including phenoxy) is 1. The minimum absolute atomic E-state index is 0.682. The number of rotatable bonds is 2. The van der Waals surface area contributed by atoms with Gasteiger partial charge in [0.2, 0.25) is 0 Å².